The largest absolute Gasteiger partial charge is 0.481 e. The van der Waals surface area contributed by atoms with E-state index in [9.17, 15) is 67.7 Å². The van der Waals surface area contributed by atoms with Crippen molar-refractivity contribution in [2.45, 2.75) is 227 Å². The maximum absolute atomic E-state index is 14.8. The molecule has 2 aliphatic heterocycles. The number of likely N-dealkylation sites (N-methyl/N-ethyl adjacent to an activating group) is 2. The van der Waals surface area contributed by atoms with Gasteiger partial charge in [-0.15, -0.1) is 6.58 Å². The van der Waals surface area contributed by atoms with Crippen LogP contribution in [0.4, 0.5) is 0 Å². The third kappa shape index (κ3) is 26.1. The monoisotopic (exact) mass is 1360 g/mol. The molecule has 0 radical (unpaired) electrons. The summed E-state index contributed by atoms with van der Waals surface area (Å²) in [4.78, 5) is 170. The zero-order valence-electron chi connectivity index (χ0n) is 60.7. The van der Waals surface area contributed by atoms with Gasteiger partial charge in [-0.25, -0.2) is 4.79 Å². The van der Waals surface area contributed by atoms with Gasteiger partial charge in [0.25, 0.3) is 0 Å². The summed E-state index contributed by atoms with van der Waals surface area (Å²) in [5.41, 5.74) is 0.897. The van der Waals surface area contributed by atoms with Gasteiger partial charge in [0.2, 0.25) is 59.1 Å². The zero-order chi connectivity index (χ0) is 73.2. The molecule has 2 aliphatic rings. The first-order chi connectivity index (χ1) is 45.5. The molecule has 0 aromatic heterocycles. The smallest absolute Gasteiger partial charge is 0.326 e. The number of amides is 10. The molecule has 2 saturated heterocycles. The number of hydrogen-bond donors (Lipinski definition) is 7. The molecule has 97 heavy (non-hydrogen) atoms. The van der Waals surface area contributed by atoms with Crippen molar-refractivity contribution in [3.63, 3.8) is 0 Å². The highest BCUT2D eigenvalue weighted by atomic mass is 16.5. The Morgan fingerprint density at radius 1 is 0.753 bits per heavy atom. The lowest BCUT2D eigenvalue weighted by Gasteiger charge is -2.41. The Labute approximate surface area is 575 Å². The van der Waals surface area contributed by atoms with Gasteiger partial charge in [0, 0.05) is 85.6 Å². The predicted molar refractivity (Wildman–Crippen MR) is 367 cm³/mol. The maximum Gasteiger partial charge on any atom is 0.326 e. The lowest BCUT2D eigenvalue weighted by atomic mass is 9.89. The molecule has 12 atom stereocenters. The number of allylic oxidation sites excluding steroid dienone is 1. The zero-order valence-corrected chi connectivity index (χ0v) is 60.7. The number of unbranched alkanes of at least 4 members (excludes halogenated alkanes) is 2. The molecule has 7 N–H and O–H groups in total. The lowest BCUT2D eigenvalue weighted by Crippen LogP contribution is -2.60. The van der Waals surface area contributed by atoms with Gasteiger partial charge in [0.15, 0.2) is 0 Å². The molecule has 0 bridgehead atoms. The molecule has 3 rings (SSSR count). The number of nitrogens with one attached hydrogen (secondary N) is 5. The fraction of sp³-hybridized carbons (Fsp3) is 0.718. The summed E-state index contributed by atoms with van der Waals surface area (Å²) in [7, 11) is 8.27. The number of carboxylic acids is 2. The Bertz CT molecular complexity index is 2830. The Kier molecular flexibility index (Phi) is 35.1. The van der Waals surface area contributed by atoms with E-state index < -0.39 is 120 Å². The van der Waals surface area contributed by atoms with Crippen LogP contribution in [0, 0.1) is 35.0 Å². The summed E-state index contributed by atoms with van der Waals surface area (Å²) in [5.74, 6) is -9.29. The van der Waals surface area contributed by atoms with E-state index in [0.29, 0.717) is 50.9 Å². The molecule has 2 heterocycles. The molecule has 2 unspecified atom stereocenters. The van der Waals surface area contributed by atoms with Gasteiger partial charge in [0.05, 0.1) is 48.6 Å². The average Bonchev–Trinajstić information content (AvgIpc) is 1.81. The first kappa shape index (κ1) is 83.9. The van der Waals surface area contributed by atoms with Crippen LogP contribution in [0.15, 0.2) is 42.5 Å². The molecule has 0 aliphatic carbocycles. The molecule has 10 amide bonds. The van der Waals surface area contributed by atoms with Gasteiger partial charge >= 0.3 is 11.9 Å². The molecule has 1 aromatic carbocycles. The van der Waals surface area contributed by atoms with Crippen LogP contribution in [0.5, 0.6) is 0 Å². The predicted octanol–water partition coefficient (Wildman–Crippen LogP) is 4.95. The van der Waals surface area contributed by atoms with Crippen LogP contribution in [0.25, 0.3) is 0 Å². The van der Waals surface area contributed by atoms with Crippen molar-refractivity contribution in [2.75, 3.05) is 68.1 Å². The van der Waals surface area contributed by atoms with Gasteiger partial charge < -0.3 is 61.0 Å². The lowest BCUT2D eigenvalue weighted by molar-refractivity contribution is -0.148. The van der Waals surface area contributed by atoms with Crippen molar-refractivity contribution in [1.29, 1.82) is 0 Å². The highest BCUT2D eigenvalue weighted by molar-refractivity contribution is 6.04. The summed E-state index contributed by atoms with van der Waals surface area (Å²) >= 11 is 0. The standard InChI is InChI=1S/C71H116N10O16/c1-18-46(8)61(79(15)68(92)59(44(4)5)76-66(90)60(45(6)7)77(13)35-24-25-36-78(14)70(95)71(10,11)12)54(96-16)42-57(84)80-37-26-30-53(80)62(97-17)47(9)63(87)75-52(40-48-27-20-19-21-28-48)65(89)73-50(31-32-58(85)86)64(88)74-51(69(93)94)29-22-23-34-72-55(82)33-38-81-56(83)41-49(67(81)91)39-43(2)3/h19-21,27-28,44-47,49-54,59-62H,2,18,22-26,29-42H2,1,3-17H3,(H,72,82)(H,73,89)(H,74,88)(H,75,87)(H,76,90)(H,85,86)(H,93,94)/t46-,47+,49?,50-,51-,52?,53-,54+,59-,60-,61-,62+/m0/s1. The Hall–Kier alpha value is -7.32. The maximum atomic E-state index is 14.8. The summed E-state index contributed by atoms with van der Waals surface area (Å²) < 4.78 is 12.2. The second kappa shape index (κ2) is 40.5. The van der Waals surface area contributed by atoms with Crippen LogP contribution in [0.2, 0.25) is 0 Å². The van der Waals surface area contributed by atoms with Crippen molar-refractivity contribution in [2.24, 2.45) is 35.0 Å². The van der Waals surface area contributed by atoms with Crippen LogP contribution < -0.4 is 26.6 Å². The first-order valence-corrected chi connectivity index (χ1v) is 34.5. The average molecular weight is 1370 g/mol. The quantitative estimate of drug-likeness (QED) is 0.0258. The molecule has 26 heteroatoms. The van der Waals surface area contributed by atoms with Crippen molar-refractivity contribution in [3.8, 4) is 0 Å². The molecule has 26 nitrogen and oxygen atoms in total. The van der Waals surface area contributed by atoms with Crippen LogP contribution >= 0.6 is 0 Å². The van der Waals surface area contributed by atoms with E-state index >= 15 is 0 Å². The van der Waals surface area contributed by atoms with E-state index in [1.165, 1.54) is 14.2 Å². The number of carboxylic acid groups (broad SMARTS) is 2. The van der Waals surface area contributed by atoms with Crippen molar-refractivity contribution < 1.29 is 77.2 Å². The van der Waals surface area contributed by atoms with E-state index in [0.717, 1.165) is 23.3 Å². The molecule has 0 saturated carbocycles. The SMILES string of the molecule is C=C(C)CC1CC(=O)N(CCC(=O)NCCCC[C@H](NC(=O)[C@H](CCC(=O)O)NC(=O)C(Cc2ccccc2)NC(=O)[C@H](C)[C@@H](OC)[C@@H]2CCCN2C(=O)C[C@@H](OC)[C@H]([C@@H](C)CC)N(C)C(=O)[C@@H](NC(=O)[C@H](C(C)C)N(C)CCCCN(C)C(=O)C(C)(C)C)C(C)C)C(=O)O)C1=O. The third-order valence-corrected chi connectivity index (χ3v) is 18.7. The van der Waals surface area contributed by atoms with Crippen LogP contribution in [0.1, 0.15) is 172 Å². The number of methoxy groups -OCH3 is 2. The number of benzene rings is 1. The van der Waals surface area contributed by atoms with Crippen LogP contribution in [0.3, 0.4) is 0 Å². The number of hydrogen-bond acceptors (Lipinski definition) is 15. The number of nitrogens with zero attached hydrogens (tertiary/aromatic N) is 5. The highest BCUT2D eigenvalue weighted by Gasteiger charge is 2.45. The normalized spacial score (nSPS) is 18.1. The molecular formula is C71H116N10O16. The van der Waals surface area contributed by atoms with E-state index in [1.54, 1.807) is 73.0 Å². The van der Waals surface area contributed by atoms with Crippen molar-refractivity contribution >= 4 is 71.0 Å². The number of ether oxygens (including phenoxy) is 2. The third-order valence-electron chi connectivity index (χ3n) is 18.7. The number of imide groups is 1. The second-order valence-corrected chi connectivity index (χ2v) is 28.4. The van der Waals surface area contributed by atoms with E-state index in [1.807, 2.05) is 74.3 Å². The molecule has 546 valence electrons. The van der Waals surface area contributed by atoms with E-state index in [-0.39, 0.29) is 111 Å². The summed E-state index contributed by atoms with van der Waals surface area (Å²) in [5, 5.41) is 33.4. The Morgan fingerprint density at radius 2 is 1.37 bits per heavy atom. The summed E-state index contributed by atoms with van der Waals surface area (Å²) in [6.45, 7) is 26.0. The minimum atomic E-state index is -1.57. The van der Waals surface area contributed by atoms with Crippen molar-refractivity contribution in [3.05, 3.63) is 48.0 Å². The van der Waals surface area contributed by atoms with E-state index in [4.69, 9.17) is 9.47 Å². The number of aliphatic carboxylic acids is 2. The van der Waals surface area contributed by atoms with E-state index in [2.05, 4.69) is 33.2 Å². The Morgan fingerprint density at radius 3 is 1.94 bits per heavy atom. The van der Waals surface area contributed by atoms with Gasteiger partial charge in [0.1, 0.15) is 24.2 Å². The number of likely N-dealkylation sites (tertiary alicyclic amines) is 2. The molecule has 1 aromatic rings. The highest BCUT2D eigenvalue weighted by Crippen LogP contribution is 2.31. The topological polar surface area (TPSA) is 340 Å². The fourth-order valence-corrected chi connectivity index (χ4v) is 13.1. The van der Waals surface area contributed by atoms with Gasteiger partial charge in [-0.3, -0.25) is 62.5 Å². The molecular weight excluding hydrogens is 1250 g/mol. The molecule has 2 fully saturated rings. The molecule has 0 spiro atoms. The Balaban J connectivity index is 1.76. The van der Waals surface area contributed by atoms with Gasteiger partial charge in [-0.05, 0) is 102 Å². The van der Waals surface area contributed by atoms with Crippen LogP contribution in [-0.4, -0.2) is 228 Å². The summed E-state index contributed by atoms with van der Waals surface area (Å²) in [6, 6.07) is 1.55. The van der Waals surface area contributed by atoms with Gasteiger partial charge in [-0.1, -0.05) is 112 Å². The van der Waals surface area contributed by atoms with Crippen LogP contribution in [-0.2, 0) is 73.4 Å². The van der Waals surface area contributed by atoms with Crippen molar-refractivity contribution in [1.82, 2.24) is 51.1 Å². The van der Waals surface area contributed by atoms with Gasteiger partial charge in [-0.2, -0.15) is 0 Å². The number of carbonyl (C=O) groups is 12. The first-order valence-electron chi connectivity index (χ1n) is 34.5. The fourth-order valence-electron chi connectivity index (χ4n) is 13.1. The second-order valence-electron chi connectivity index (χ2n) is 28.4. The minimum absolute atomic E-state index is 0.0547. The number of carbonyl (C=O) groups excluding carboxylic acids is 10. The summed E-state index contributed by atoms with van der Waals surface area (Å²) in [6.07, 6.45) is 0.832. The number of rotatable bonds is 43. The minimum Gasteiger partial charge on any atom is -0.481 e.